The van der Waals surface area contributed by atoms with Crippen LogP contribution in [0, 0.1) is 0 Å². The van der Waals surface area contributed by atoms with E-state index in [0.717, 1.165) is 17.8 Å². The molecule has 1 heterocycles. The van der Waals surface area contributed by atoms with Crippen molar-refractivity contribution < 1.29 is 5.11 Å². The molecule has 0 spiro atoms. The predicted octanol–water partition coefficient (Wildman–Crippen LogP) is 3.10. The average molecular weight is 268 g/mol. The summed E-state index contributed by atoms with van der Waals surface area (Å²) in [6, 6.07) is 4.46. The number of aromatic nitrogens is 1. The lowest BCUT2D eigenvalue weighted by atomic mass is 10.1. The van der Waals surface area contributed by atoms with Gasteiger partial charge >= 0.3 is 0 Å². The van der Waals surface area contributed by atoms with Crippen LogP contribution in [0.1, 0.15) is 38.5 Å². The molecule has 0 aliphatic carbocycles. The maximum atomic E-state index is 9.71. The Kier molecular flexibility index (Phi) is 6.50. The fraction of sp³-hybridized carbons (Fsp3) is 0.643. The highest BCUT2D eigenvalue weighted by Gasteiger charge is 2.11. The first-order valence-corrected chi connectivity index (χ1v) is 7.85. The second kappa shape index (κ2) is 7.64. The zero-order valence-electron chi connectivity index (χ0n) is 11.8. The molecule has 2 atom stereocenters. The van der Waals surface area contributed by atoms with E-state index in [4.69, 9.17) is 0 Å². The lowest BCUT2D eigenvalue weighted by Crippen LogP contribution is -2.29. The van der Waals surface area contributed by atoms with E-state index in [0.29, 0.717) is 12.5 Å². The SMILES string of the molecule is CCC(O)c1ccc(N(C)C(C)CCSC)cn1. The van der Waals surface area contributed by atoms with E-state index in [1.54, 1.807) is 0 Å². The minimum Gasteiger partial charge on any atom is -0.387 e. The number of nitrogens with zero attached hydrogens (tertiary/aromatic N) is 2. The lowest BCUT2D eigenvalue weighted by molar-refractivity contribution is 0.169. The largest absolute Gasteiger partial charge is 0.387 e. The summed E-state index contributed by atoms with van der Waals surface area (Å²) < 4.78 is 0. The van der Waals surface area contributed by atoms with Crippen molar-refractivity contribution in [1.29, 1.82) is 0 Å². The topological polar surface area (TPSA) is 36.4 Å². The molecule has 0 fully saturated rings. The molecule has 1 N–H and O–H groups in total. The van der Waals surface area contributed by atoms with Crippen LogP contribution < -0.4 is 4.90 Å². The molecule has 1 rings (SSSR count). The van der Waals surface area contributed by atoms with Crippen LogP contribution in [0.2, 0.25) is 0 Å². The van der Waals surface area contributed by atoms with E-state index in [2.05, 4.69) is 30.1 Å². The van der Waals surface area contributed by atoms with E-state index in [1.165, 1.54) is 5.75 Å². The Morgan fingerprint density at radius 3 is 2.67 bits per heavy atom. The first-order valence-electron chi connectivity index (χ1n) is 6.45. The Morgan fingerprint density at radius 2 is 2.17 bits per heavy atom. The molecule has 0 saturated heterocycles. The summed E-state index contributed by atoms with van der Waals surface area (Å²) in [7, 11) is 2.10. The number of hydrogen-bond donors (Lipinski definition) is 1. The highest BCUT2D eigenvalue weighted by molar-refractivity contribution is 7.98. The van der Waals surface area contributed by atoms with E-state index in [-0.39, 0.29) is 0 Å². The van der Waals surface area contributed by atoms with E-state index in [1.807, 2.05) is 37.0 Å². The summed E-state index contributed by atoms with van der Waals surface area (Å²) in [6.45, 7) is 4.18. The Hall–Kier alpha value is -0.740. The number of aliphatic hydroxyl groups excluding tert-OH is 1. The first kappa shape index (κ1) is 15.3. The van der Waals surface area contributed by atoms with Crippen LogP contribution in [-0.4, -0.2) is 35.2 Å². The summed E-state index contributed by atoms with van der Waals surface area (Å²) >= 11 is 1.88. The zero-order valence-corrected chi connectivity index (χ0v) is 12.6. The maximum absolute atomic E-state index is 9.71. The molecule has 3 nitrogen and oxygen atoms in total. The van der Waals surface area contributed by atoms with Gasteiger partial charge < -0.3 is 10.0 Å². The van der Waals surface area contributed by atoms with Crippen molar-refractivity contribution in [2.45, 2.75) is 38.8 Å². The minimum absolute atomic E-state index is 0.446. The molecule has 0 bridgehead atoms. The van der Waals surface area contributed by atoms with Crippen molar-refractivity contribution in [2.75, 3.05) is 24.0 Å². The van der Waals surface area contributed by atoms with Gasteiger partial charge in [0.1, 0.15) is 0 Å². The fourth-order valence-electron chi connectivity index (χ4n) is 1.75. The number of anilines is 1. The molecule has 0 radical (unpaired) electrons. The molecule has 0 aliphatic heterocycles. The molecule has 0 aliphatic rings. The van der Waals surface area contributed by atoms with Gasteiger partial charge in [-0.05, 0) is 43.9 Å². The molecular weight excluding hydrogens is 244 g/mol. The van der Waals surface area contributed by atoms with Gasteiger partial charge in [-0.3, -0.25) is 4.98 Å². The molecule has 4 heteroatoms. The number of hydrogen-bond acceptors (Lipinski definition) is 4. The predicted molar refractivity (Wildman–Crippen MR) is 80.4 cm³/mol. The Balaban J connectivity index is 2.66. The van der Waals surface area contributed by atoms with Gasteiger partial charge in [-0.15, -0.1) is 0 Å². The van der Waals surface area contributed by atoms with Gasteiger partial charge in [0.25, 0.3) is 0 Å². The monoisotopic (exact) mass is 268 g/mol. The third kappa shape index (κ3) is 4.18. The third-order valence-electron chi connectivity index (χ3n) is 3.31. The van der Waals surface area contributed by atoms with Crippen LogP contribution in [0.15, 0.2) is 18.3 Å². The average Bonchev–Trinajstić information content (AvgIpc) is 2.43. The summed E-state index contributed by atoms with van der Waals surface area (Å²) in [5, 5.41) is 9.71. The van der Waals surface area contributed by atoms with Crippen molar-refractivity contribution in [1.82, 2.24) is 4.98 Å². The number of thioether (sulfide) groups is 1. The molecule has 0 amide bonds. The van der Waals surface area contributed by atoms with Gasteiger partial charge in [0.05, 0.1) is 23.7 Å². The van der Waals surface area contributed by atoms with Gasteiger partial charge in [-0.2, -0.15) is 11.8 Å². The van der Waals surface area contributed by atoms with Gasteiger partial charge in [0.2, 0.25) is 0 Å². The van der Waals surface area contributed by atoms with E-state index >= 15 is 0 Å². The van der Waals surface area contributed by atoms with Crippen LogP contribution >= 0.6 is 11.8 Å². The molecular formula is C14H24N2OS. The van der Waals surface area contributed by atoms with Gasteiger partial charge in [-0.1, -0.05) is 6.92 Å². The van der Waals surface area contributed by atoms with Crippen molar-refractivity contribution >= 4 is 17.4 Å². The second-order valence-electron chi connectivity index (χ2n) is 4.61. The van der Waals surface area contributed by atoms with Crippen molar-refractivity contribution in [3.8, 4) is 0 Å². The molecule has 0 saturated carbocycles. The lowest BCUT2D eigenvalue weighted by Gasteiger charge is -2.26. The molecule has 102 valence electrons. The van der Waals surface area contributed by atoms with Crippen molar-refractivity contribution in [3.63, 3.8) is 0 Å². The fourth-order valence-corrected chi connectivity index (χ4v) is 2.33. The van der Waals surface area contributed by atoms with Gasteiger partial charge in [0.15, 0.2) is 0 Å². The van der Waals surface area contributed by atoms with Crippen LogP contribution in [0.3, 0.4) is 0 Å². The van der Waals surface area contributed by atoms with Crippen LogP contribution in [0.5, 0.6) is 0 Å². The third-order valence-corrected chi connectivity index (χ3v) is 3.95. The molecule has 0 aromatic carbocycles. The molecule has 1 aromatic rings. The normalized spacial score (nSPS) is 14.3. The summed E-state index contributed by atoms with van der Waals surface area (Å²) in [5.74, 6) is 1.17. The van der Waals surface area contributed by atoms with Gasteiger partial charge in [0, 0.05) is 13.1 Å². The van der Waals surface area contributed by atoms with Crippen LogP contribution in [-0.2, 0) is 0 Å². The summed E-state index contributed by atoms with van der Waals surface area (Å²) in [4.78, 5) is 6.58. The van der Waals surface area contributed by atoms with Crippen LogP contribution in [0.4, 0.5) is 5.69 Å². The number of aliphatic hydroxyl groups is 1. The highest BCUT2D eigenvalue weighted by Crippen LogP contribution is 2.20. The maximum Gasteiger partial charge on any atom is 0.0957 e. The Labute approximate surface area is 115 Å². The standard InChI is InChI=1S/C14H24N2OS/c1-5-14(17)13-7-6-12(10-15-13)16(3)11(2)8-9-18-4/h6-7,10-11,14,17H,5,8-9H2,1-4H3. The van der Waals surface area contributed by atoms with Crippen molar-refractivity contribution in [3.05, 3.63) is 24.0 Å². The molecule has 18 heavy (non-hydrogen) atoms. The van der Waals surface area contributed by atoms with Crippen LogP contribution in [0.25, 0.3) is 0 Å². The molecule has 1 aromatic heterocycles. The first-order chi connectivity index (χ1) is 8.60. The quantitative estimate of drug-likeness (QED) is 0.824. The summed E-state index contributed by atoms with van der Waals surface area (Å²) in [6.07, 6.45) is 5.40. The van der Waals surface area contributed by atoms with E-state index in [9.17, 15) is 5.11 Å². The smallest absolute Gasteiger partial charge is 0.0957 e. The Morgan fingerprint density at radius 1 is 1.44 bits per heavy atom. The zero-order chi connectivity index (χ0) is 13.5. The second-order valence-corrected chi connectivity index (χ2v) is 5.59. The number of pyridine rings is 1. The minimum atomic E-state index is -0.446. The molecule has 2 unspecified atom stereocenters. The highest BCUT2D eigenvalue weighted by atomic mass is 32.2. The number of rotatable bonds is 7. The van der Waals surface area contributed by atoms with E-state index < -0.39 is 6.10 Å². The van der Waals surface area contributed by atoms with Gasteiger partial charge in [-0.25, -0.2) is 0 Å². The Bertz CT molecular complexity index is 342. The van der Waals surface area contributed by atoms with Crippen molar-refractivity contribution in [2.24, 2.45) is 0 Å². The summed E-state index contributed by atoms with van der Waals surface area (Å²) in [5.41, 5.74) is 1.86.